The molecule has 2 unspecified atom stereocenters. The predicted molar refractivity (Wildman–Crippen MR) is 151 cm³/mol. The summed E-state index contributed by atoms with van der Waals surface area (Å²) in [5.74, 6) is -0.119. The van der Waals surface area contributed by atoms with Gasteiger partial charge in [0.2, 0.25) is 0 Å². The zero-order valence-corrected chi connectivity index (χ0v) is 22.2. The first-order valence-electron chi connectivity index (χ1n) is 12.4. The molecule has 4 aromatic rings. The fourth-order valence-electron chi connectivity index (χ4n) is 4.79. The Labute approximate surface area is 227 Å². The minimum Gasteiger partial charge on any atom is -0.508 e. The van der Waals surface area contributed by atoms with E-state index in [1.165, 1.54) is 24.3 Å². The Balaban J connectivity index is 1.96. The summed E-state index contributed by atoms with van der Waals surface area (Å²) in [6.45, 7) is 3.94. The van der Waals surface area contributed by atoms with Crippen LogP contribution < -0.4 is 9.47 Å². The van der Waals surface area contributed by atoms with Crippen molar-refractivity contribution in [2.24, 2.45) is 0 Å². The maximum Gasteiger partial charge on any atom is 0.157 e. The number of ether oxygens (including phenoxy) is 2. The minimum absolute atomic E-state index is 0.176. The molecule has 0 aromatic heterocycles. The molecule has 0 saturated carbocycles. The van der Waals surface area contributed by atoms with Crippen molar-refractivity contribution < 1.29 is 35.0 Å². The van der Waals surface area contributed by atoms with Gasteiger partial charge in [-0.2, -0.15) is 0 Å². The van der Waals surface area contributed by atoms with E-state index >= 15 is 0 Å². The first-order chi connectivity index (χ1) is 18.6. The van der Waals surface area contributed by atoms with Gasteiger partial charge in [-0.25, -0.2) is 0 Å². The lowest BCUT2D eigenvalue weighted by molar-refractivity contribution is 0.378. The molecule has 7 heteroatoms. The quantitative estimate of drug-likeness (QED) is 0.127. The summed E-state index contributed by atoms with van der Waals surface area (Å²) in [6.07, 6.45) is 3.85. The highest BCUT2D eigenvalue weighted by Gasteiger charge is 2.28. The molecule has 202 valence electrons. The molecule has 0 bridgehead atoms. The molecule has 2 atom stereocenters. The topological polar surface area (TPSA) is 120 Å². The van der Waals surface area contributed by atoms with Gasteiger partial charge in [-0.15, -0.1) is 0 Å². The van der Waals surface area contributed by atoms with Crippen molar-refractivity contribution in [3.63, 3.8) is 0 Å². The Hall–Kier alpha value is -4.78. The van der Waals surface area contributed by atoms with E-state index in [1.54, 1.807) is 50.6 Å². The van der Waals surface area contributed by atoms with Crippen molar-refractivity contribution in [2.45, 2.75) is 25.7 Å². The van der Waals surface area contributed by atoms with Crippen LogP contribution in [0.25, 0.3) is 12.2 Å². The molecule has 0 spiro atoms. The summed E-state index contributed by atoms with van der Waals surface area (Å²) in [5.41, 5.74) is 4.76. The van der Waals surface area contributed by atoms with Gasteiger partial charge in [0.25, 0.3) is 0 Å². The third kappa shape index (κ3) is 5.57. The van der Waals surface area contributed by atoms with E-state index in [-0.39, 0.29) is 40.6 Å². The molecule has 5 N–H and O–H groups in total. The molecule has 0 fully saturated rings. The Morgan fingerprint density at radius 2 is 1.13 bits per heavy atom. The van der Waals surface area contributed by atoms with Crippen molar-refractivity contribution in [3.8, 4) is 40.2 Å². The lowest BCUT2D eigenvalue weighted by Gasteiger charge is -2.27. The molecule has 7 nitrogen and oxygen atoms in total. The molecule has 4 aromatic carbocycles. The van der Waals surface area contributed by atoms with E-state index in [0.717, 1.165) is 33.4 Å². The second kappa shape index (κ2) is 11.3. The normalized spacial score (nSPS) is 12.8. The summed E-state index contributed by atoms with van der Waals surface area (Å²) in [5, 5.41) is 49.7. The fourth-order valence-corrected chi connectivity index (χ4v) is 4.79. The van der Waals surface area contributed by atoms with Gasteiger partial charge in [0.05, 0.1) is 14.2 Å². The average Bonchev–Trinajstić information content (AvgIpc) is 2.93. The van der Waals surface area contributed by atoms with E-state index < -0.39 is 0 Å². The van der Waals surface area contributed by atoms with Crippen LogP contribution in [0.4, 0.5) is 0 Å². The standard InChI is InChI=1S/C32H32O7/c1-18(21-9-13-25(34)27(36)15-21)30-23(8-5-20-6-11-24(33)12-7-20)17-29(38-3)31(32(30)39-4)19(2)22-10-14-26(35)28(37)16-22/h5-19,33-37H,1-4H3. The molecule has 0 heterocycles. The molecule has 39 heavy (non-hydrogen) atoms. The number of phenolic OH excluding ortho intramolecular Hbond substituents is 5. The molecular formula is C32H32O7. The molecule has 0 aliphatic carbocycles. The van der Waals surface area contributed by atoms with Crippen LogP contribution in [0, 0.1) is 0 Å². The summed E-state index contributed by atoms with van der Waals surface area (Å²) < 4.78 is 11.9. The third-order valence-electron chi connectivity index (χ3n) is 6.99. The zero-order chi connectivity index (χ0) is 28.3. The molecule has 0 saturated heterocycles. The van der Waals surface area contributed by atoms with Gasteiger partial charge in [0.1, 0.15) is 17.2 Å². The molecule has 0 aliphatic heterocycles. The first kappa shape index (κ1) is 27.3. The predicted octanol–water partition coefficient (Wildman–Crippen LogP) is 6.71. The first-order valence-corrected chi connectivity index (χ1v) is 12.4. The van der Waals surface area contributed by atoms with E-state index in [9.17, 15) is 25.5 Å². The van der Waals surface area contributed by atoms with Crippen molar-refractivity contribution in [2.75, 3.05) is 14.2 Å². The highest BCUT2D eigenvalue weighted by atomic mass is 16.5. The van der Waals surface area contributed by atoms with Crippen molar-refractivity contribution in [1.29, 1.82) is 0 Å². The fraction of sp³-hybridized carbons (Fsp3) is 0.188. The molecule has 0 amide bonds. The van der Waals surface area contributed by atoms with Crippen LogP contribution in [0.3, 0.4) is 0 Å². The number of phenols is 5. The van der Waals surface area contributed by atoms with Gasteiger partial charge < -0.3 is 35.0 Å². The van der Waals surface area contributed by atoms with Gasteiger partial charge in [-0.05, 0) is 64.7 Å². The maximum atomic E-state index is 10.2. The zero-order valence-electron chi connectivity index (χ0n) is 22.2. The highest BCUT2D eigenvalue weighted by Crippen LogP contribution is 2.48. The third-order valence-corrected chi connectivity index (χ3v) is 6.99. The Morgan fingerprint density at radius 3 is 1.62 bits per heavy atom. The van der Waals surface area contributed by atoms with Crippen LogP contribution in [0.2, 0.25) is 0 Å². The SMILES string of the molecule is COc1cc(C=Cc2ccc(O)cc2)c(C(C)c2ccc(O)c(O)c2)c(OC)c1C(C)c1ccc(O)c(O)c1. The van der Waals surface area contributed by atoms with Crippen molar-refractivity contribution >= 4 is 12.2 Å². The number of benzene rings is 4. The summed E-state index contributed by atoms with van der Waals surface area (Å²) in [6, 6.07) is 18.2. The molecule has 0 aliphatic rings. The van der Waals surface area contributed by atoms with Gasteiger partial charge in [0.15, 0.2) is 23.0 Å². The van der Waals surface area contributed by atoms with Crippen molar-refractivity contribution in [3.05, 3.63) is 100 Å². The van der Waals surface area contributed by atoms with Crippen LogP contribution in [-0.4, -0.2) is 39.8 Å². The maximum absolute atomic E-state index is 10.2. The van der Waals surface area contributed by atoms with Crippen LogP contribution in [-0.2, 0) is 0 Å². The lowest BCUT2D eigenvalue weighted by Crippen LogP contribution is -2.09. The van der Waals surface area contributed by atoms with Gasteiger partial charge in [-0.1, -0.05) is 50.3 Å². The largest absolute Gasteiger partial charge is 0.508 e. The Kier molecular flexibility index (Phi) is 7.91. The van der Waals surface area contributed by atoms with E-state index in [1.807, 2.05) is 32.1 Å². The molecule has 4 rings (SSSR count). The monoisotopic (exact) mass is 528 g/mol. The average molecular weight is 529 g/mol. The summed E-state index contributed by atoms with van der Waals surface area (Å²) >= 11 is 0. The Bertz CT molecular complexity index is 1510. The van der Waals surface area contributed by atoms with Crippen LogP contribution in [0.1, 0.15) is 59.1 Å². The number of methoxy groups -OCH3 is 2. The molecule has 0 radical (unpaired) electrons. The van der Waals surface area contributed by atoms with E-state index in [4.69, 9.17) is 9.47 Å². The van der Waals surface area contributed by atoms with Gasteiger partial charge in [-0.3, -0.25) is 0 Å². The number of hydrogen-bond acceptors (Lipinski definition) is 7. The van der Waals surface area contributed by atoms with E-state index in [0.29, 0.717) is 11.5 Å². The number of rotatable bonds is 8. The van der Waals surface area contributed by atoms with Gasteiger partial charge in [0, 0.05) is 23.0 Å². The van der Waals surface area contributed by atoms with E-state index in [2.05, 4.69) is 0 Å². The smallest absolute Gasteiger partial charge is 0.157 e. The second-order valence-corrected chi connectivity index (χ2v) is 9.39. The highest BCUT2D eigenvalue weighted by molar-refractivity contribution is 5.76. The summed E-state index contributed by atoms with van der Waals surface area (Å²) in [4.78, 5) is 0. The lowest BCUT2D eigenvalue weighted by atomic mass is 9.82. The number of hydrogen-bond donors (Lipinski definition) is 5. The number of aromatic hydroxyl groups is 5. The van der Waals surface area contributed by atoms with Crippen LogP contribution in [0.5, 0.6) is 40.2 Å². The summed E-state index contributed by atoms with van der Waals surface area (Å²) in [7, 11) is 3.16. The molecular weight excluding hydrogens is 496 g/mol. The van der Waals surface area contributed by atoms with Gasteiger partial charge >= 0.3 is 0 Å². The van der Waals surface area contributed by atoms with Crippen LogP contribution >= 0.6 is 0 Å². The second-order valence-electron chi connectivity index (χ2n) is 9.39. The van der Waals surface area contributed by atoms with Crippen molar-refractivity contribution in [1.82, 2.24) is 0 Å². The minimum atomic E-state index is -0.296. The Morgan fingerprint density at radius 1 is 0.590 bits per heavy atom. The van der Waals surface area contributed by atoms with Crippen LogP contribution in [0.15, 0.2) is 66.7 Å².